The minimum atomic E-state index is -4.39. The Bertz CT molecular complexity index is 1780. The van der Waals surface area contributed by atoms with Crippen LogP contribution in [-0.4, -0.2) is 58.1 Å². The zero-order valence-corrected chi connectivity index (χ0v) is 30.9. The van der Waals surface area contributed by atoms with Crippen molar-refractivity contribution in [1.82, 2.24) is 14.5 Å². The molecule has 1 amide bonds. The largest absolute Gasteiger partial charge is 1.00 e. The van der Waals surface area contributed by atoms with Crippen LogP contribution in [0.25, 0.3) is 11.1 Å². The molecule has 12 heteroatoms. The maximum atomic E-state index is 14.2. The molecule has 3 aromatic carbocycles. The third-order valence-electron chi connectivity index (χ3n) is 9.44. The van der Waals surface area contributed by atoms with E-state index in [1.165, 1.54) is 36.0 Å². The Morgan fingerprint density at radius 2 is 1.51 bits per heavy atom. The number of hydrogen-bond donors (Lipinski definition) is 0. The number of likely N-dealkylation sites (N-methyl/N-ethyl adjacent to an activating group) is 1. The van der Waals surface area contributed by atoms with Crippen molar-refractivity contribution in [3.05, 3.63) is 117 Å². The number of quaternary nitrogens is 1. The van der Waals surface area contributed by atoms with Gasteiger partial charge in [0.1, 0.15) is 12.4 Å². The molecule has 262 valence electrons. The highest BCUT2D eigenvalue weighted by atomic mass is 127. The normalized spacial score (nSPS) is 12.8. The highest BCUT2D eigenvalue weighted by molar-refractivity contribution is 7.98. The summed E-state index contributed by atoms with van der Waals surface area (Å²) in [6.07, 6.45) is -2.24. The summed E-state index contributed by atoms with van der Waals surface area (Å²) in [5.74, 6) is 0.0539. The first-order chi connectivity index (χ1) is 22.9. The summed E-state index contributed by atoms with van der Waals surface area (Å²) in [5, 5.41) is 0.474. The Hall–Kier alpha value is -3.23. The molecule has 1 aliphatic rings. The lowest BCUT2D eigenvalue weighted by Gasteiger charge is -2.35. The summed E-state index contributed by atoms with van der Waals surface area (Å²) in [6, 6.07) is 18.8. The van der Waals surface area contributed by atoms with E-state index in [9.17, 15) is 27.2 Å². The molecule has 1 aliphatic carbocycles. The molecule has 1 aromatic heterocycles. The van der Waals surface area contributed by atoms with Gasteiger partial charge in [0.25, 0.3) is 5.56 Å². The van der Waals surface area contributed by atoms with Gasteiger partial charge in [-0.3, -0.25) is 9.59 Å². The number of benzene rings is 3. The molecule has 0 bridgehead atoms. The number of rotatable bonds is 13. The zero-order chi connectivity index (χ0) is 34.5. The number of alkyl halides is 3. The number of aromatic nitrogens is 2. The van der Waals surface area contributed by atoms with Gasteiger partial charge in [-0.05, 0) is 79.6 Å². The second-order valence-corrected chi connectivity index (χ2v) is 13.5. The first kappa shape index (κ1) is 38.6. The first-order valence-corrected chi connectivity index (χ1v) is 17.3. The summed E-state index contributed by atoms with van der Waals surface area (Å²) in [7, 11) is 2.17. The minimum Gasteiger partial charge on any atom is -1.00 e. The van der Waals surface area contributed by atoms with Crippen LogP contribution in [0.2, 0.25) is 0 Å². The van der Waals surface area contributed by atoms with Crippen molar-refractivity contribution < 1.29 is 50.8 Å². The van der Waals surface area contributed by atoms with Crippen LogP contribution in [0.3, 0.4) is 0 Å². The molecular formula is C37H41F4IN4O2S. The maximum Gasteiger partial charge on any atom is 0.416 e. The van der Waals surface area contributed by atoms with Crippen LogP contribution in [0, 0.1) is 5.82 Å². The summed E-state index contributed by atoms with van der Waals surface area (Å²) in [4.78, 5) is 33.4. The molecule has 4 aromatic rings. The van der Waals surface area contributed by atoms with Gasteiger partial charge in [0, 0.05) is 23.6 Å². The van der Waals surface area contributed by atoms with Crippen LogP contribution in [-0.2, 0) is 42.7 Å². The number of amides is 1. The van der Waals surface area contributed by atoms with Crippen molar-refractivity contribution in [3.8, 4) is 11.1 Å². The number of carbonyl (C=O) groups is 1. The van der Waals surface area contributed by atoms with Gasteiger partial charge in [0.2, 0.25) is 5.91 Å². The molecule has 0 aliphatic heterocycles. The predicted octanol–water partition coefficient (Wildman–Crippen LogP) is 4.37. The van der Waals surface area contributed by atoms with Crippen molar-refractivity contribution in [2.45, 2.75) is 63.3 Å². The van der Waals surface area contributed by atoms with Gasteiger partial charge < -0.3 is 37.9 Å². The van der Waals surface area contributed by atoms with E-state index in [4.69, 9.17) is 0 Å². The fraction of sp³-hybridized carbons (Fsp3) is 0.378. The molecule has 0 atom stereocenters. The average molecular weight is 809 g/mol. The molecule has 1 heterocycles. The van der Waals surface area contributed by atoms with E-state index in [0.29, 0.717) is 48.0 Å². The number of carbonyl (C=O) groups excluding carboxylic acids is 1. The Balaban J connectivity index is 0.00000541. The fourth-order valence-electron chi connectivity index (χ4n) is 5.89. The Kier molecular flexibility index (Phi) is 13.1. The lowest BCUT2D eigenvalue weighted by Crippen LogP contribution is -3.00. The van der Waals surface area contributed by atoms with E-state index in [1.807, 2.05) is 33.7 Å². The molecule has 0 saturated heterocycles. The fourth-order valence-corrected chi connectivity index (χ4v) is 6.86. The topological polar surface area (TPSA) is 55.2 Å². The molecule has 0 fully saturated rings. The molecule has 5 rings (SSSR count). The molecule has 6 nitrogen and oxygen atoms in total. The second kappa shape index (κ2) is 16.7. The van der Waals surface area contributed by atoms with E-state index in [-0.39, 0.29) is 47.8 Å². The molecule has 0 N–H and O–H groups in total. The van der Waals surface area contributed by atoms with Crippen LogP contribution < -0.4 is 29.5 Å². The summed E-state index contributed by atoms with van der Waals surface area (Å²) in [5.41, 5.74) is 3.81. The van der Waals surface area contributed by atoms with Crippen LogP contribution in [0.15, 0.2) is 82.7 Å². The van der Waals surface area contributed by atoms with Crippen molar-refractivity contribution in [2.75, 3.05) is 33.2 Å². The van der Waals surface area contributed by atoms with E-state index >= 15 is 0 Å². The number of hydrogen-bond acceptors (Lipinski definition) is 4. The monoisotopic (exact) mass is 808 g/mol. The van der Waals surface area contributed by atoms with Crippen LogP contribution in [0.1, 0.15) is 48.2 Å². The van der Waals surface area contributed by atoms with Crippen molar-refractivity contribution >= 4 is 17.7 Å². The first-order valence-electron chi connectivity index (χ1n) is 16.3. The van der Waals surface area contributed by atoms with Crippen molar-refractivity contribution in [2.24, 2.45) is 0 Å². The van der Waals surface area contributed by atoms with Gasteiger partial charge in [-0.1, -0.05) is 60.3 Å². The highest BCUT2D eigenvalue weighted by Gasteiger charge is 2.30. The van der Waals surface area contributed by atoms with Crippen LogP contribution >= 0.6 is 11.8 Å². The van der Waals surface area contributed by atoms with E-state index in [2.05, 4.69) is 25.9 Å². The third kappa shape index (κ3) is 9.72. The van der Waals surface area contributed by atoms with E-state index in [0.717, 1.165) is 65.1 Å². The lowest BCUT2D eigenvalue weighted by atomic mass is 10.0. The summed E-state index contributed by atoms with van der Waals surface area (Å²) in [6.45, 7) is 7.77. The van der Waals surface area contributed by atoms with Gasteiger partial charge in [0.15, 0.2) is 5.16 Å². The van der Waals surface area contributed by atoms with Crippen molar-refractivity contribution in [1.29, 1.82) is 0 Å². The summed E-state index contributed by atoms with van der Waals surface area (Å²) < 4.78 is 55.3. The van der Waals surface area contributed by atoms with Crippen LogP contribution in [0.4, 0.5) is 17.6 Å². The van der Waals surface area contributed by atoms with Crippen molar-refractivity contribution in [3.63, 3.8) is 0 Å². The minimum absolute atomic E-state index is 0. The highest BCUT2D eigenvalue weighted by Crippen LogP contribution is 2.31. The zero-order valence-electron chi connectivity index (χ0n) is 27.9. The maximum absolute atomic E-state index is 14.2. The van der Waals surface area contributed by atoms with E-state index in [1.54, 1.807) is 12.1 Å². The molecular weight excluding hydrogens is 767 g/mol. The van der Waals surface area contributed by atoms with E-state index < -0.39 is 11.7 Å². The molecule has 0 radical (unpaired) electrons. The van der Waals surface area contributed by atoms with Crippen LogP contribution in [0.5, 0.6) is 0 Å². The Morgan fingerprint density at radius 3 is 2.10 bits per heavy atom. The molecule has 0 spiro atoms. The SMILES string of the molecule is CC[N+](C)(CC)CCN(Cc1ccc(-c2ccc(C(F)(F)F)cc2)cc1)C(=O)Cn1c(SCc2ccc(F)cc2)nc(=O)c2c1CCC2.[I-]. The Morgan fingerprint density at radius 1 is 0.918 bits per heavy atom. The van der Waals surface area contributed by atoms with Gasteiger partial charge in [0.05, 0.1) is 38.8 Å². The Labute approximate surface area is 306 Å². The quantitative estimate of drug-likeness (QED) is 0.0663. The number of nitrogens with zero attached hydrogens (tertiary/aromatic N) is 4. The number of halogens is 5. The van der Waals surface area contributed by atoms with Gasteiger partial charge in [-0.25, -0.2) is 4.39 Å². The van der Waals surface area contributed by atoms with Gasteiger partial charge >= 0.3 is 6.18 Å². The van der Waals surface area contributed by atoms with Gasteiger partial charge in [-0.15, -0.1) is 0 Å². The lowest BCUT2D eigenvalue weighted by molar-refractivity contribution is -0.905. The molecule has 0 unspecified atom stereocenters. The second-order valence-electron chi connectivity index (χ2n) is 12.5. The third-order valence-corrected chi connectivity index (χ3v) is 10.5. The predicted molar refractivity (Wildman–Crippen MR) is 181 cm³/mol. The standard InChI is InChI=1S/C37H41F4N4O2S.HI/c1-4-45(3,5-2)22-21-43(23-26-9-13-28(14-10-26)29-15-17-30(18-16-29)37(39,40)41)34(46)24-44-33-8-6-7-32(33)35(47)42-36(44)48-25-27-11-19-31(38)20-12-27;/h9-20H,4-8,21-25H2,1-3H3;1H/q+1;/p-1. The number of thioether (sulfide) groups is 1. The molecule has 0 saturated carbocycles. The summed E-state index contributed by atoms with van der Waals surface area (Å²) >= 11 is 1.36. The van der Waals surface area contributed by atoms with Gasteiger partial charge in [-0.2, -0.15) is 18.2 Å². The molecule has 49 heavy (non-hydrogen) atoms. The number of fused-ring (bicyclic) bond motifs is 1. The smallest absolute Gasteiger partial charge is 0.416 e. The average Bonchev–Trinajstić information content (AvgIpc) is 3.58.